The first-order chi connectivity index (χ1) is 12.7. The van der Waals surface area contributed by atoms with E-state index in [1.165, 1.54) is 17.7 Å². The molecule has 0 radical (unpaired) electrons. The summed E-state index contributed by atoms with van der Waals surface area (Å²) in [6.45, 7) is 0.210. The third kappa shape index (κ3) is 2.54. The summed E-state index contributed by atoms with van der Waals surface area (Å²) >= 11 is 0. The predicted octanol–water partition coefficient (Wildman–Crippen LogP) is 4.11. The van der Waals surface area contributed by atoms with Crippen molar-refractivity contribution in [1.82, 2.24) is 4.90 Å². The third-order valence-corrected chi connectivity index (χ3v) is 5.93. The van der Waals surface area contributed by atoms with Gasteiger partial charge in [0.2, 0.25) is 6.79 Å². The van der Waals surface area contributed by atoms with Crippen molar-refractivity contribution >= 4 is 5.91 Å². The Kier molecular flexibility index (Phi) is 3.62. The van der Waals surface area contributed by atoms with Gasteiger partial charge in [-0.1, -0.05) is 12.1 Å². The predicted molar refractivity (Wildman–Crippen MR) is 93.9 cm³/mol. The molecular formula is C21H20FNO3. The molecule has 2 bridgehead atoms. The van der Waals surface area contributed by atoms with Gasteiger partial charge in [-0.3, -0.25) is 4.79 Å². The van der Waals surface area contributed by atoms with Crippen LogP contribution in [0.2, 0.25) is 0 Å². The van der Waals surface area contributed by atoms with E-state index >= 15 is 0 Å². The van der Waals surface area contributed by atoms with Gasteiger partial charge >= 0.3 is 0 Å². The zero-order valence-electron chi connectivity index (χ0n) is 14.4. The number of hydrogen-bond donors (Lipinski definition) is 0. The smallest absolute Gasteiger partial charge is 0.254 e. The van der Waals surface area contributed by atoms with Crippen LogP contribution in [-0.4, -0.2) is 29.7 Å². The van der Waals surface area contributed by atoms with Gasteiger partial charge in [0.25, 0.3) is 5.91 Å². The summed E-state index contributed by atoms with van der Waals surface area (Å²) in [5.74, 6) is 1.61. The summed E-state index contributed by atoms with van der Waals surface area (Å²) in [5.41, 5.74) is 1.84. The number of piperidine rings is 1. The Hall–Kier alpha value is -2.56. The minimum absolute atomic E-state index is 0.0772. The van der Waals surface area contributed by atoms with Crippen molar-refractivity contribution in [2.45, 2.75) is 43.7 Å². The highest BCUT2D eigenvalue weighted by molar-refractivity contribution is 5.95. The molecule has 1 unspecified atom stereocenters. The summed E-state index contributed by atoms with van der Waals surface area (Å²) in [4.78, 5) is 15.2. The number of carbonyl (C=O) groups excluding carboxylic acids is 1. The van der Waals surface area contributed by atoms with Gasteiger partial charge in [0.05, 0.1) is 0 Å². The van der Waals surface area contributed by atoms with Crippen LogP contribution < -0.4 is 9.47 Å². The molecule has 0 N–H and O–H groups in total. The fraction of sp³-hybridized carbons (Fsp3) is 0.381. The van der Waals surface area contributed by atoms with Gasteiger partial charge in [-0.15, -0.1) is 0 Å². The number of halogens is 1. The van der Waals surface area contributed by atoms with Crippen LogP contribution >= 0.6 is 0 Å². The molecule has 3 aliphatic heterocycles. The van der Waals surface area contributed by atoms with Crippen LogP contribution in [-0.2, 0) is 0 Å². The maximum Gasteiger partial charge on any atom is 0.254 e. The highest BCUT2D eigenvalue weighted by Crippen LogP contribution is 2.44. The molecule has 3 atom stereocenters. The van der Waals surface area contributed by atoms with Crippen molar-refractivity contribution in [3.8, 4) is 11.5 Å². The van der Waals surface area contributed by atoms with E-state index in [9.17, 15) is 9.18 Å². The van der Waals surface area contributed by atoms with E-state index in [0.717, 1.165) is 25.7 Å². The lowest BCUT2D eigenvalue weighted by atomic mass is 9.85. The molecule has 0 aliphatic carbocycles. The Labute approximate surface area is 151 Å². The Morgan fingerprint density at radius 3 is 2.38 bits per heavy atom. The molecule has 5 heteroatoms. The Morgan fingerprint density at radius 1 is 0.962 bits per heavy atom. The SMILES string of the molecule is O=C(c1ccc2c(c1)OCO2)N1[C@@H]2CC[C@H]1CC(c1ccc(F)cc1)C2. The first kappa shape index (κ1) is 15.7. The van der Waals surface area contributed by atoms with Gasteiger partial charge in [0.1, 0.15) is 5.82 Å². The second-order valence-electron chi connectivity index (χ2n) is 7.39. The molecule has 3 heterocycles. The quantitative estimate of drug-likeness (QED) is 0.816. The fourth-order valence-corrected chi connectivity index (χ4v) is 4.69. The van der Waals surface area contributed by atoms with E-state index in [1.54, 1.807) is 6.07 Å². The molecule has 0 spiro atoms. The minimum atomic E-state index is -0.202. The van der Waals surface area contributed by atoms with Gasteiger partial charge in [0, 0.05) is 17.6 Å². The van der Waals surface area contributed by atoms with Crippen molar-refractivity contribution in [2.75, 3.05) is 6.79 Å². The molecule has 2 saturated heterocycles. The summed E-state index contributed by atoms with van der Waals surface area (Å²) < 4.78 is 23.9. The average molecular weight is 353 g/mol. The molecular weight excluding hydrogens is 333 g/mol. The van der Waals surface area contributed by atoms with Crippen LogP contribution in [0.3, 0.4) is 0 Å². The molecule has 26 heavy (non-hydrogen) atoms. The molecule has 1 amide bonds. The average Bonchev–Trinajstić information content (AvgIpc) is 3.23. The number of nitrogens with zero attached hydrogens (tertiary/aromatic N) is 1. The van der Waals surface area contributed by atoms with Gasteiger partial charge in [-0.25, -0.2) is 4.39 Å². The summed E-state index contributed by atoms with van der Waals surface area (Å²) in [6, 6.07) is 12.7. The monoisotopic (exact) mass is 353 g/mol. The number of fused-ring (bicyclic) bond motifs is 3. The van der Waals surface area contributed by atoms with E-state index in [4.69, 9.17) is 9.47 Å². The third-order valence-electron chi connectivity index (χ3n) is 5.93. The molecule has 4 nitrogen and oxygen atoms in total. The maximum atomic E-state index is 13.2. The number of hydrogen-bond acceptors (Lipinski definition) is 3. The Morgan fingerprint density at radius 2 is 1.65 bits per heavy atom. The fourth-order valence-electron chi connectivity index (χ4n) is 4.69. The van der Waals surface area contributed by atoms with E-state index in [2.05, 4.69) is 4.90 Å². The first-order valence-electron chi connectivity index (χ1n) is 9.17. The van der Waals surface area contributed by atoms with Crippen LogP contribution in [0.15, 0.2) is 42.5 Å². The number of amides is 1. The van der Waals surface area contributed by atoms with Gasteiger partial charge in [-0.2, -0.15) is 0 Å². The summed E-state index contributed by atoms with van der Waals surface area (Å²) in [7, 11) is 0. The van der Waals surface area contributed by atoms with Crippen LogP contribution in [0.5, 0.6) is 11.5 Å². The van der Waals surface area contributed by atoms with E-state index in [0.29, 0.717) is 23.0 Å². The number of benzene rings is 2. The number of ether oxygens (including phenoxy) is 2. The molecule has 0 saturated carbocycles. The molecule has 134 valence electrons. The van der Waals surface area contributed by atoms with Crippen molar-refractivity contribution in [3.05, 3.63) is 59.4 Å². The highest BCUT2D eigenvalue weighted by Gasteiger charge is 2.43. The molecule has 3 aliphatic rings. The summed E-state index contributed by atoms with van der Waals surface area (Å²) in [5, 5.41) is 0. The highest BCUT2D eigenvalue weighted by atomic mass is 19.1. The molecule has 5 rings (SSSR count). The summed E-state index contributed by atoms with van der Waals surface area (Å²) in [6.07, 6.45) is 3.97. The van der Waals surface area contributed by atoms with Gasteiger partial charge in [0.15, 0.2) is 11.5 Å². The molecule has 2 fully saturated rings. The van der Waals surface area contributed by atoms with Gasteiger partial charge in [-0.05, 0) is 67.5 Å². The molecule has 2 aromatic rings. The van der Waals surface area contributed by atoms with Gasteiger partial charge < -0.3 is 14.4 Å². The molecule has 0 aromatic heterocycles. The second kappa shape index (κ2) is 6.01. The first-order valence-corrected chi connectivity index (χ1v) is 9.17. The Balaban J connectivity index is 1.37. The van der Waals surface area contributed by atoms with Crippen LogP contribution in [0, 0.1) is 5.82 Å². The van der Waals surface area contributed by atoms with Crippen LogP contribution in [0.1, 0.15) is 47.5 Å². The van der Waals surface area contributed by atoms with Crippen LogP contribution in [0.25, 0.3) is 0 Å². The van der Waals surface area contributed by atoms with E-state index in [-0.39, 0.29) is 30.6 Å². The van der Waals surface area contributed by atoms with Crippen molar-refractivity contribution in [2.24, 2.45) is 0 Å². The van der Waals surface area contributed by atoms with E-state index in [1.807, 2.05) is 24.3 Å². The normalized spacial score (nSPS) is 26.2. The standard InChI is InChI=1S/C21H20FNO3/c22-16-4-1-13(2-5-16)15-9-17-6-7-18(10-15)23(17)21(24)14-3-8-19-20(11-14)26-12-25-19/h1-5,8,11,15,17-18H,6-7,9-10,12H2/t15?,17-,18+. The van der Waals surface area contributed by atoms with Crippen molar-refractivity contribution in [1.29, 1.82) is 0 Å². The zero-order valence-corrected chi connectivity index (χ0v) is 14.4. The topological polar surface area (TPSA) is 38.8 Å². The van der Waals surface area contributed by atoms with Crippen molar-refractivity contribution in [3.63, 3.8) is 0 Å². The Bertz CT molecular complexity index is 837. The largest absolute Gasteiger partial charge is 0.454 e. The zero-order chi connectivity index (χ0) is 17.7. The minimum Gasteiger partial charge on any atom is -0.454 e. The lowest BCUT2D eigenvalue weighted by Crippen LogP contribution is -2.46. The second-order valence-corrected chi connectivity index (χ2v) is 7.39. The van der Waals surface area contributed by atoms with Crippen molar-refractivity contribution < 1.29 is 18.7 Å². The van der Waals surface area contributed by atoms with Crippen LogP contribution in [0.4, 0.5) is 4.39 Å². The van der Waals surface area contributed by atoms with E-state index < -0.39 is 0 Å². The lowest BCUT2D eigenvalue weighted by Gasteiger charge is -2.39. The lowest BCUT2D eigenvalue weighted by molar-refractivity contribution is 0.0571. The molecule has 2 aromatic carbocycles. The maximum absolute atomic E-state index is 13.2. The number of carbonyl (C=O) groups is 1. The number of rotatable bonds is 2.